The van der Waals surface area contributed by atoms with Crippen molar-refractivity contribution in [1.29, 1.82) is 0 Å². The van der Waals surface area contributed by atoms with Crippen LogP contribution in [0.4, 0.5) is 0 Å². The Morgan fingerprint density at radius 3 is 2.76 bits per heavy atom. The maximum Gasteiger partial charge on any atom is 0.220 e. The van der Waals surface area contributed by atoms with Crippen LogP contribution in [-0.2, 0) is 11.3 Å². The van der Waals surface area contributed by atoms with Crippen molar-refractivity contribution in [1.82, 2.24) is 15.6 Å². The van der Waals surface area contributed by atoms with E-state index in [2.05, 4.69) is 27.8 Å². The highest BCUT2D eigenvalue weighted by atomic mass is 32.1. The molecule has 2 rings (SSSR count). The highest BCUT2D eigenvalue weighted by molar-refractivity contribution is 7.15. The van der Waals surface area contributed by atoms with Crippen molar-refractivity contribution in [3.63, 3.8) is 0 Å². The zero-order valence-corrected chi connectivity index (χ0v) is 13.3. The third-order valence-corrected chi connectivity index (χ3v) is 4.40. The summed E-state index contributed by atoms with van der Waals surface area (Å²) in [5.41, 5.74) is 2.12. The molecule has 0 aliphatic rings. The van der Waals surface area contributed by atoms with Crippen molar-refractivity contribution < 1.29 is 4.79 Å². The molecule has 0 aliphatic carbocycles. The number of benzene rings is 1. The van der Waals surface area contributed by atoms with E-state index in [9.17, 15) is 4.79 Å². The molecule has 0 fully saturated rings. The van der Waals surface area contributed by atoms with Crippen molar-refractivity contribution in [3.8, 4) is 10.6 Å². The van der Waals surface area contributed by atoms with Gasteiger partial charge in [0.05, 0.1) is 12.2 Å². The SMILES string of the molecule is CNCCCC(=O)NCc1sc(-c2ccccc2)nc1C. The Hall–Kier alpha value is -1.72. The molecule has 21 heavy (non-hydrogen) atoms. The second-order valence-corrected chi connectivity index (χ2v) is 5.96. The van der Waals surface area contributed by atoms with Crippen molar-refractivity contribution in [2.75, 3.05) is 13.6 Å². The van der Waals surface area contributed by atoms with E-state index in [0.717, 1.165) is 34.1 Å². The lowest BCUT2D eigenvalue weighted by Crippen LogP contribution is -2.23. The largest absolute Gasteiger partial charge is 0.351 e. The molecular formula is C16H21N3OS. The summed E-state index contributed by atoms with van der Waals surface area (Å²) in [6, 6.07) is 10.1. The van der Waals surface area contributed by atoms with E-state index in [-0.39, 0.29) is 5.91 Å². The van der Waals surface area contributed by atoms with Crippen LogP contribution in [0.25, 0.3) is 10.6 Å². The highest BCUT2D eigenvalue weighted by Gasteiger charge is 2.10. The minimum Gasteiger partial charge on any atom is -0.351 e. The molecule has 1 aromatic carbocycles. The molecule has 0 bridgehead atoms. The van der Waals surface area contributed by atoms with Gasteiger partial charge in [-0.2, -0.15) is 0 Å². The molecule has 2 aromatic rings. The zero-order valence-electron chi connectivity index (χ0n) is 12.5. The number of amides is 1. The molecule has 1 aromatic heterocycles. The van der Waals surface area contributed by atoms with Gasteiger partial charge in [-0.25, -0.2) is 4.98 Å². The first-order valence-electron chi connectivity index (χ1n) is 7.13. The molecule has 0 saturated carbocycles. The minimum absolute atomic E-state index is 0.0966. The van der Waals surface area contributed by atoms with Crippen molar-refractivity contribution in [3.05, 3.63) is 40.9 Å². The van der Waals surface area contributed by atoms with Gasteiger partial charge < -0.3 is 10.6 Å². The lowest BCUT2D eigenvalue weighted by Gasteiger charge is -2.03. The quantitative estimate of drug-likeness (QED) is 0.773. The van der Waals surface area contributed by atoms with E-state index in [1.165, 1.54) is 0 Å². The van der Waals surface area contributed by atoms with Crippen molar-refractivity contribution >= 4 is 17.2 Å². The third-order valence-electron chi connectivity index (χ3n) is 3.19. The normalized spacial score (nSPS) is 10.6. The van der Waals surface area contributed by atoms with Gasteiger partial charge in [0, 0.05) is 16.9 Å². The number of thiazole rings is 1. The van der Waals surface area contributed by atoms with Crippen LogP contribution in [0.5, 0.6) is 0 Å². The maximum atomic E-state index is 11.7. The Labute approximate surface area is 129 Å². The lowest BCUT2D eigenvalue weighted by molar-refractivity contribution is -0.121. The van der Waals surface area contributed by atoms with Crippen molar-refractivity contribution in [2.45, 2.75) is 26.3 Å². The average molecular weight is 303 g/mol. The molecule has 0 unspecified atom stereocenters. The number of carbonyl (C=O) groups excluding carboxylic acids is 1. The van der Waals surface area contributed by atoms with Crippen LogP contribution in [0, 0.1) is 6.92 Å². The molecule has 112 valence electrons. The molecule has 0 spiro atoms. The second-order valence-electron chi connectivity index (χ2n) is 4.88. The molecule has 0 radical (unpaired) electrons. The van der Waals surface area contributed by atoms with Crippen LogP contribution in [0.1, 0.15) is 23.4 Å². The van der Waals surface area contributed by atoms with Gasteiger partial charge in [-0.3, -0.25) is 4.79 Å². The molecule has 4 nitrogen and oxygen atoms in total. The van der Waals surface area contributed by atoms with Crippen LogP contribution < -0.4 is 10.6 Å². The summed E-state index contributed by atoms with van der Waals surface area (Å²) in [7, 11) is 1.89. The fraction of sp³-hybridized carbons (Fsp3) is 0.375. The molecule has 0 atom stereocenters. The predicted octanol–water partition coefficient (Wildman–Crippen LogP) is 2.73. The Morgan fingerprint density at radius 1 is 1.29 bits per heavy atom. The fourth-order valence-corrected chi connectivity index (χ4v) is 3.00. The van der Waals surface area contributed by atoms with E-state index in [1.54, 1.807) is 11.3 Å². The topological polar surface area (TPSA) is 54.0 Å². The number of nitrogens with one attached hydrogen (secondary N) is 2. The monoisotopic (exact) mass is 303 g/mol. The van der Waals surface area contributed by atoms with E-state index >= 15 is 0 Å². The van der Waals surface area contributed by atoms with E-state index in [0.29, 0.717) is 13.0 Å². The Balaban J connectivity index is 1.93. The fourth-order valence-electron chi connectivity index (χ4n) is 1.99. The first-order valence-corrected chi connectivity index (χ1v) is 7.95. The highest BCUT2D eigenvalue weighted by Crippen LogP contribution is 2.27. The Bertz CT molecular complexity index is 580. The second kappa shape index (κ2) is 7.90. The van der Waals surface area contributed by atoms with Gasteiger partial charge >= 0.3 is 0 Å². The molecule has 0 aliphatic heterocycles. The van der Waals surface area contributed by atoms with Gasteiger partial charge in [-0.1, -0.05) is 30.3 Å². The van der Waals surface area contributed by atoms with Gasteiger partial charge in [0.2, 0.25) is 5.91 Å². The summed E-state index contributed by atoms with van der Waals surface area (Å²) in [6.45, 7) is 3.42. The summed E-state index contributed by atoms with van der Waals surface area (Å²) in [5, 5.41) is 7.01. The summed E-state index contributed by atoms with van der Waals surface area (Å²) < 4.78 is 0. The number of aryl methyl sites for hydroxylation is 1. The van der Waals surface area contributed by atoms with E-state index < -0.39 is 0 Å². The number of carbonyl (C=O) groups is 1. The first-order chi connectivity index (χ1) is 10.2. The van der Waals surface area contributed by atoms with Crippen LogP contribution in [0.3, 0.4) is 0 Å². The third kappa shape index (κ3) is 4.65. The number of rotatable bonds is 7. The summed E-state index contributed by atoms with van der Waals surface area (Å²) in [4.78, 5) is 17.4. The van der Waals surface area contributed by atoms with Gasteiger partial charge in [-0.05, 0) is 26.9 Å². The Kier molecular flexibility index (Phi) is 5.90. The summed E-state index contributed by atoms with van der Waals surface area (Å²) in [5.74, 6) is 0.0966. The first kappa shape index (κ1) is 15.7. The number of nitrogens with zero attached hydrogens (tertiary/aromatic N) is 1. The zero-order chi connectivity index (χ0) is 15.1. The number of aromatic nitrogens is 1. The molecule has 2 N–H and O–H groups in total. The van der Waals surface area contributed by atoms with E-state index in [4.69, 9.17) is 0 Å². The standard InChI is InChI=1S/C16H21N3OS/c1-12-14(11-18-15(20)9-6-10-17-2)21-16(19-12)13-7-4-3-5-8-13/h3-5,7-8,17H,6,9-11H2,1-2H3,(H,18,20). The van der Waals surface area contributed by atoms with Gasteiger partial charge in [0.15, 0.2) is 0 Å². The van der Waals surface area contributed by atoms with Crippen LogP contribution in [-0.4, -0.2) is 24.5 Å². The molecular weight excluding hydrogens is 282 g/mol. The predicted molar refractivity (Wildman–Crippen MR) is 87.3 cm³/mol. The van der Waals surface area contributed by atoms with Crippen molar-refractivity contribution in [2.24, 2.45) is 0 Å². The van der Waals surface area contributed by atoms with E-state index in [1.807, 2.05) is 32.2 Å². The summed E-state index contributed by atoms with van der Waals surface area (Å²) >= 11 is 1.64. The van der Waals surface area contributed by atoms with Crippen LogP contribution >= 0.6 is 11.3 Å². The number of hydrogen-bond acceptors (Lipinski definition) is 4. The Morgan fingerprint density at radius 2 is 2.05 bits per heavy atom. The van der Waals surface area contributed by atoms with Gasteiger partial charge in [-0.15, -0.1) is 11.3 Å². The molecule has 1 heterocycles. The summed E-state index contributed by atoms with van der Waals surface area (Å²) in [6.07, 6.45) is 1.42. The maximum absolute atomic E-state index is 11.7. The van der Waals surface area contributed by atoms with Crippen LogP contribution in [0.2, 0.25) is 0 Å². The molecule has 5 heteroatoms. The van der Waals surface area contributed by atoms with Crippen LogP contribution in [0.15, 0.2) is 30.3 Å². The lowest BCUT2D eigenvalue weighted by atomic mass is 10.2. The molecule has 1 amide bonds. The van der Waals surface area contributed by atoms with Gasteiger partial charge in [0.25, 0.3) is 0 Å². The smallest absolute Gasteiger partial charge is 0.220 e. The minimum atomic E-state index is 0.0966. The number of hydrogen-bond donors (Lipinski definition) is 2. The molecule has 0 saturated heterocycles. The average Bonchev–Trinajstić information content (AvgIpc) is 2.87. The van der Waals surface area contributed by atoms with Gasteiger partial charge in [0.1, 0.15) is 5.01 Å².